The van der Waals surface area contributed by atoms with Crippen molar-refractivity contribution in [1.29, 1.82) is 0 Å². The van der Waals surface area contributed by atoms with E-state index in [1.54, 1.807) is 0 Å². The predicted molar refractivity (Wildman–Crippen MR) is 47.7 cm³/mol. The molecule has 0 amide bonds. The topological polar surface area (TPSA) is 91.6 Å². The monoisotopic (exact) mass is 213 g/mol. The first-order valence-electron chi connectivity index (χ1n) is 3.86. The van der Waals surface area contributed by atoms with Gasteiger partial charge in [-0.3, -0.25) is 0 Å². The van der Waals surface area contributed by atoms with Crippen molar-refractivity contribution in [1.82, 2.24) is 5.39 Å². The molecule has 0 aliphatic rings. The van der Waals surface area contributed by atoms with Crippen LogP contribution in [0.2, 0.25) is 0 Å². The summed E-state index contributed by atoms with van der Waals surface area (Å²) in [5.41, 5.74) is 0. The summed E-state index contributed by atoms with van der Waals surface area (Å²) in [5, 5.41) is 25.9. The van der Waals surface area contributed by atoms with Crippen LogP contribution >= 0.6 is 0 Å². The van der Waals surface area contributed by atoms with Gasteiger partial charge in [0.1, 0.15) is 0 Å². The van der Waals surface area contributed by atoms with Gasteiger partial charge in [-0.25, -0.2) is 14.5 Å². The molecule has 7 heteroatoms. The van der Waals surface area contributed by atoms with Crippen molar-refractivity contribution in [2.75, 3.05) is 39.6 Å². The molecule has 0 saturated heterocycles. The Bertz CT molecular complexity index is 85.2. The molecular formula is C7H19NO6. The van der Waals surface area contributed by atoms with Gasteiger partial charge in [-0.1, -0.05) is 7.43 Å². The fraction of sp³-hybridized carbons (Fsp3) is 1.00. The third kappa shape index (κ3) is 9.81. The van der Waals surface area contributed by atoms with Gasteiger partial charge >= 0.3 is 0 Å². The molecule has 0 spiro atoms. The zero-order valence-electron chi connectivity index (χ0n) is 7.26. The maximum Gasteiger partial charge on any atom is 0.0967 e. The van der Waals surface area contributed by atoms with E-state index >= 15 is 0 Å². The summed E-state index contributed by atoms with van der Waals surface area (Å²) in [7, 11) is 0. The SMILES string of the molecule is C.OCCON(OCCO)OCCO. The molecule has 7 nitrogen and oxygen atoms in total. The van der Waals surface area contributed by atoms with Crippen LogP contribution in [0.25, 0.3) is 0 Å². The molecule has 0 heterocycles. The zero-order valence-corrected chi connectivity index (χ0v) is 7.26. The van der Waals surface area contributed by atoms with Crippen LogP contribution in [0.1, 0.15) is 7.43 Å². The molecule has 14 heavy (non-hydrogen) atoms. The summed E-state index contributed by atoms with van der Waals surface area (Å²) in [6.07, 6.45) is 0. The Morgan fingerprint density at radius 1 is 0.714 bits per heavy atom. The minimum Gasteiger partial charge on any atom is -0.394 e. The van der Waals surface area contributed by atoms with Crippen LogP contribution in [0.15, 0.2) is 0 Å². The Morgan fingerprint density at radius 2 is 1.00 bits per heavy atom. The van der Waals surface area contributed by atoms with Crippen LogP contribution in [-0.4, -0.2) is 60.4 Å². The van der Waals surface area contributed by atoms with Crippen LogP contribution in [0.5, 0.6) is 0 Å². The van der Waals surface area contributed by atoms with E-state index in [1.165, 1.54) is 0 Å². The van der Waals surface area contributed by atoms with Crippen molar-refractivity contribution in [2.24, 2.45) is 0 Å². The second-order valence-electron chi connectivity index (χ2n) is 1.89. The van der Waals surface area contributed by atoms with E-state index in [1.807, 2.05) is 0 Å². The molecule has 0 unspecified atom stereocenters. The van der Waals surface area contributed by atoms with Gasteiger partial charge in [0.15, 0.2) is 0 Å². The molecule has 0 fully saturated rings. The van der Waals surface area contributed by atoms with Crippen LogP contribution in [-0.2, 0) is 14.5 Å². The summed E-state index contributed by atoms with van der Waals surface area (Å²) in [6, 6.07) is 0. The average molecular weight is 213 g/mol. The Morgan fingerprint density at radius 3 is 1.21 bits per heavy atom. The largest absolute Gasteiger partial charge is 0.394 e. The van der Waals surface area contributed by atoms with E-state index in [-0.39, 0.29) is 47.1 Å². The lowest BCUT2D eigenvalue weighted by Gasteiger charge is -2.17. The van der Waals surface area contributed by atoms with Crippen molar-refractivity contribution in [3.05, 3.63) is 0 Å². The molecule has 0 rings (SSSR count). The number of nitrogens with zero attached hydrogens (tertiary/aromatic N) is 1. The Kier molecular flexibility index (Phi) is 14.7. The summed E-state index contributed by atoms with van der Waals surface area (Å²) in [5.74, 6) is 0. The van der Waals surface area contributed by atoms with E-state index < -0.39 is 0 Å². The third-order valence-electron chi connectivity index (χ3n) is 0.864. The molecule has 88 valence electrons. The highest BCUT2D eigenvalue weighted by Gasteiger charge is 2.05. The number of hydrogen-bond acceptors (Lipinski definition) is 7. The molecular weight excluding hydrogens is 194 g/mol. The highest BCUT2D eigenvalue weighted by Crippen LogP contribution is 1.93. The lowest BCUT2D eigenvalue weighted by atomic mass is 10.8. The van der Waals surface area contributed by atoms with Crippen molar-refractivity contribution in [2.45, 2.75) is 7.43 Å². The van der Waals surface area contributed by atoms with Crippen LogP contribution in [0.3, 0.4) is 0 Å². The van der Waals surface area contributed by atoms with E-state index in [9.17, 15) is 0 Å². The average Bonchev–Trinajstić information content (AvgIpc) is 2.17. The molecule has 0 atom stereocenters. The molecule has 0 aromatic carbocycles. The summed E-state index contributed by atoms with van der Waals surface area (Å²) in [6.45, 7) is -0.505. The maximum atomic E-state index is 8.40. The van der Waals surface area contributed by atoms with Crippen molar-refractivity contribution in [3.8, 4) is 0 Å². The number of aliphatic hydroxyl groups excluding tert-OH is 3. The summed E-state index contributed by atoms with van der Waals surface area (Å²) < 4.78 is 0. The van der Waals surface area contributed by atoms with Gasteiger partial charge in [0.05, 0.1) is 45.0 Å². The van der Waals surface area contributed by atoms with Crippen LogP contribution in [0, 0.1) is 0 Å². The molecule has 3 N–H and O–H groups in total. The fourth-order valence-electron chi connectivity index (χ4n) is 0.458. The molecule has 0 radical (unpaired) electrons. The predicted octanol–water partition coefficient (Wildman–Crippen LogP) is -1.30. The molecule has 0 aliphatic carbocycles. The molecule has 0 aromatic heterocycles. The highest BCUT2D eigenvalue weighted by atomic mass is 17.2. The van der Waals surface area contributed by atoms with Crippen molar-refractivity contribution < 1.29 is 29.8 Å². The third-order valence-corrected chi connectivity index (χ3v) is 0.864. The first kappa shape index (κ1) is 16.2. The summed E-state index contributed by atoms with van der Waals surface area (Å²) >= 11 is 0. The zero-order chi connectivity index (χ0) is 9.94. The molecule has 0 aliphatic heterocycles. The minimum absolute atomic E-state index is 0. The maximum absolute atomic E-state index is 8.40. The lowest BCUT2D eigenvalue weighted by Crippen LogP contribution is -2.28. The lowest BCUT2D eigenvalue weighted by molar-refractivity contribution is -0.527. The summed E-state index contributed by atoms with van der Waals surface area (Å²) in [4.78, 5) is 14.1. The van der Waals surface area contributed by atoms with Crippen molar-refractivity contribution in [3.63, 3.8) is 0 Å². The highest BCUT2D eigenvalue weighted by molar-refractivity contribution is 4.19. The van der Waals surface area contributed by atoms with E-state index in [0.29, 0.717) is 5.39 Å². The second-order valence-corrected chi connectivity index (χ2v) is 1.89. The van der Waals surface area contributed by atoms with E-state index in [0.717, 1.165) is 0 Å². The van der Waals surface area contributed by atoms with Gasteiger partial charge in [-0.2, -0.15) is 0 Å². The van der Waals surface area contributed by atoms with Gasteiger partial charge in [0, 0.05) is 0 Å². The van der Waals surface area contributed by atoms with Crippen LogP contribution < -0.4 is 0 Å². The number of rotatable bonds is 9. The van der Waals surface area contributed by atoms with Gasteiger partial charge in [-0.05, 0) is 0 Å². The number of hydrogen-bond donors (Lipinski definition) is 3. The molecule has 0 bridgehead atoms. The van der Waals surface area contributed by atoms with E-state index in [4.69, 9.17) is 29.8 Å². The van der Waals surface area contributed by atoms with Crippen LogP contribution in [0.4, 0.5) is 0 Å². The molecule has 0 saturated carbocycles. The normalized spacial score (nSPS) is 10.3. The standard InChI is InChI=1S/C6H15NO6.CH4/c8-1-4-11-7(12-5-2-9)13-6-3-10;/h8-10H,1-6H2;1H4. The number of aliphatic hydroxyl groups is 3. The second kappa shape index (κ2) is 12.7. The van der Waals surface area contributed by atoms with Gasteiger partial charge < -0.3 is 15.3 Å². The molecule has 0 aromatic rings. The van der Waals surface area contributed by atoms with Crippen molar-refractivity contribution >= 4 is 0 Å². The fourth-order valence-corrected chi connectivity index (χ4v) is 0.458. The first-order chi connectivity index (χ1) is 6.35. The van der Waals surface area contributed by atoms with Gasteiger partial charge in [0.25, 0.3) is 0 Å². The Labute approximate surface area is 83.3 Å². The first-order valence-corrected chi connectivity index (χ1v) is 3.86. The van der Waals surface area contributed by atoms with Gasteiger partial charge in [-0.15, -0.1) is 0 Å². The quantitative estimate of drug-likeness (QED) is 0.410. The Balaban J connectivity index is 0. The minimum atomic E-state index is -0.179. The smallest absolute Gasteiger partial charge is 0.0967 e. The van der Waals surface area contributed by atoms with Gasteiger partial charge in [0.2, 0.25) is 0 Å². The van der Waals surface area contributed by atoms with E-state index in [2.05, 4.69) is 0 Å². The Hall–Kier alpha value is -0.280.